The van der Waals surface area contributed by atoms with Crippen LogP contribution in [0.1, 0.15) is 19.4 Å². The molecular formula is C18H19NO8S. The summed E-state index contributed by atoms with van der Waals surface area (Å²) >= 11 is 0.658. The second kappa shape index (κ2) is 8.79. The molecule has 1 aromatic carbocycles. The first kappa shape index (κ1) is 21.3. The topological polar surface area (TPSA) is 119 Å². The van der Waals surface area contributed by atoms with Crippen LogP contribution in [-0.2, 0) is 19.1 Å². The maximum atomic E-state index is 12.6. The van der Waals surface area contributed by atoms with E-state index in [0.29, 0.717) is 17.3 Å². The lowest BCUT2D eigenvalue weighted by Gasteiger charge is -2.18. The number of thioether (sulfide) groups is 1. The minimum Gasteiger partial charge on any atom is -0.493 e. The number of ether oxygens (including phenoxy) is 3. The highest BCUT2D eigenvalue weighted by molar-refractivity contribution is 8.18. The zero-order valence-corrected chi connectivity index (χ0v) is 16.4. The Bertz CT molecular complexity index is 850. The number of carbonyl (C=O) groups excluding carboxylic acids is 3. The molecule has 1 aliphatic heterocycles. The van der Waals surface area contributed by atoms with Crippen LogP contribution < -0.4 is 9.47 Å². The number of para-hydroxylation sites is 1. The van der Waals surface area contributed by atoms with Crippen molar-refractivity contribution in [1.82, 2.24) is 4.90 Å². The Morgan fingerprint density at radius 3 is 2.46 bits per heavy atom. The van der Waals surface area contributed by atoms with Crippen molar-refractivity contribution in [2.24, 2.45) is 0 Å². The Morgan fingerprint density at radius 2 is 1.89 bits per heavy atom. The van der Waals surface area contributed by atoms with Crippen molar-refractivity contribution in [3.05, 3.63) is 28.7 Å². The number of carboxylic acid groups (broad SMARTS) is 1. The minimum atomic E-state index is -1.18. The number of benzene rings is 1. The molecule has 1 aromatic rings. The summed E-state index contributed by atoms with van der Waals surface area (Å²) in [6.45, 7) is 2.74. The van der Waals surface area contributed by atoms with Gasteiger partial charge in [-0.25, -0.2) is 9.59 Å². The lowest BCUT2D eigenvalue weighted by molar-refractivity contribution is -0.148. The fraction of sp³-hybridized carbons (Fsp3) is 0.333. The number of imide groups is 1. The van der Waals surface area contributed by atoms with Crippen molar-refractivity contribution in [2.75, 3.05) is 14.2 Å². The van der Waals surface area contributed by atoms with Crippen LogP contribution in [0.15, 0.2) is 23.1 Å². The predicted octanol–water partition coefficient (Wildman–Crippen LogP) is 2.14. The van der Waals surface area contributed by atoms with Gasteiger partial charge in [-0.15, -0.1) is 0 Å². The molecule has 28 heavy (non-hydrogen) atoms. The number of hydrogen-bond acceptors (Lipinski definition) is 8. The number of amides is 2. The number of hydrogen-bond donors (Lipinski definition) is 1. The number of methoxy groups -OCH3 is 2. The smallest absolute Gasteiger partial charge is 0.344 e. The molecule has 0 saturated carbocycles. The summed E-state index contributed by atoms with van der Waals surface area (Å²) in [6, 6.07) is 3.72. The van der Waals surface area contributed by atoms with Gasteiger partial charge in [-0.1, -0.05) is 12.1 Å². The molecule has 9 nitrogen and oxygen atoms in total. The van der Waals surface area contributed by atoms with E-state index in [0.717, 1.165) is 12.0 Å². The molecule has 0 spiro atoms. The number of carbonyl (C=O) groups is 4. The van der Waals surface area contributed by atoms with Crippen LogP contribution in [-0.4, -0.2) is 59.5 Å². The number of esters is 1. The summed E-state index contributed by atoms with van der Waals surface area (Å²) in [5.41, 5.74) is 0.351. The summed E-state index contributed by atoms with van der Waals surface area (Å²) in [4.78, 5) is 48.5. The maximum Gasteiger partial charge on any atom is 0.344 e. The molecule has 0 aliphatic carbocycles. The minimum absolute atomic E-state index is 0.0573. The molecule has 0 radical (unpaired) electrons. The highest BCUT2D eigenvalue weighted by Gasteiger charge is 2.41. The second-order valence-corrected chi connectivity index (χ2v) is 6.72. The van der Waals surface area contributed by atoms with Gasteiger partial charge in [-0.05, 0) is 37.8 Å². The summed E-state index contributed by atoms with van der Waals surface area (Å²) in [6.07, 6.45) is 0.222. The van der Waals surface area contributed by atoms with E-state index >= 15 is 0 Å². The molecule has 2 atom stereocenters. The molecule has 2 rings (SSSR count). The van der Waals surface area contributed by atoms with Crippen LogP contribution in [0.25, 0.3) is 6.08 Å². The van der Waals surface area contributed by atoms with Crippen molar-refractivity contribution < 1.29 is 38.5 Å². The predicted molar refractivity (Wildman–Crippen MR) is 100 cm³/mol. The highest BCUT2D eigenvalue weighted by Crippen LogP contribution is 2.38. The molecule has 0 aromatic heterocycles. The Hall–Kier alpha value is -3.01. The molecule has 1 fully saturated rings. The molecule has 10 heteroatoms. The average molecular weight is 409 g/mol. The van der Waals surface area contributed by atoms with Gasteiger partial charge in [-0.2, -0.15) is 0 Å². The van der Waals surface area contributed by atoms with E-state index in [9.17, 15) is 19.2 Å². The van der Waals surface area contributed by atoms with E-state index in [1.54, 1.807) is 18.2 Å². The van der Waals surface area contributed by atoms with Crippen molar-refractivity contribution in [3.8, 4) is 11.5 Å². The second-order valence-electron chi connectivity index (χ2n) is 5.73. The fourth-order valence-corrected chi connectivity index (χ4v) is 3.29. The van der Waals surface area contributed by atoms with Gasteiger partial charge in [0.1, 0.15) is 6.04 Å². The maximum absolute atomic E-state index is 12.6. The van der Waals surface area contributed by atoms with Gasteiger partial charge in [0.2, 0.25) is 0 Å². The van der Waals surface area contributed by atoms with Crippen LogP contribution in [0.2, 0.25) is 0 Å². The first-order valence-electron chi connectivity index (χ1n) is 8.12. The van der Waals surface area contributed by atoms with Crippen molar-refractivity contribution in [1.29, 1.82) is 0 Å². The van der Waals surface area contributed by atoms with Gasteiger partial charge < -0.3 is 19.3 Å². The summed E-state index contributed by atoms with van der Waals surface area (Å²) < 4.78 is 15.3. The quantitative estimate of drug-likeness (QED) is 0.533. The molecule has 0 unspecified atom stereocenters. The molecule has 1 heterocycles. The van der Waals surface area contributed by atoms with Gasteiger partial charge in [-0.3, -0.25) is 14.5 Å². The van der Waals surface area contributed by atoms with Crippen LogP contribution in [0.5, 0.6) is 11.5 Å². The van der Waals surface area contributed by atoms with Gasteiger partial charge >= 0.3 is 11.9 Å². The summed E-state index contributed by atoms with van der Waals surface area (Å²) in [5.74, 6) is -2.17. The molecular weight excluding hydrogens is 390 g/mol. The van der Waals surface area contributed by atoms with E-state index in [4.69, 9.17) is 14.6 Å². The Kier molecular flexibility index (Phi) is 6.68. The van der Waals surface area contributed by atoms with Crippen LogP contribution in [0.3, 0.4) is 0 Å². The number of nitrogens with zero attached hydrogens (tertiary/aromatic N) is 1. The van der Waals surface area contributed by atoms with Crippen molar-refractivity contribution >= 4 is 40.9 Å². The normalized spacial score (nSPS) is 17.4. The lowest BCUT2D eigenvalue weighted by Crippen LogP contribution is -2.42. The van der Waals surface area contributed by atoms with Crippen LogP contribution in [0, 0.1) is 0 Å². The van der Waals surface area contributed by atoms with E-state index in [-0.39, 0.29) is 16.4 Å². The molecule has 2 amide bonds. The molecule has 0 bridgehead atoms. The zero-order chi connectivity index (χ0) is 21.0. The summed E-state index contributed by atoms with van der Waals surface area (Å²) in [7, 11) is 2.56. The molecule has 1 N–H and O–H groups in total. The van der Waals surface area contributed by atoms with E-state index in [2.05, 4.69) is 4.74 Å². The zero-order valence-electron chi connectivity index (χ0n) is 15.6. The van der Waals surface area contributed by atoms with E-state index in [1.807, 2.05) is 0 Å². The average Bonchev–Trinajstić information content (AvgIpc) is 2.94. The SMILES string of the molecule is COC(=O)[C@@H](C)N1C(=O)S/C(=C/c2cccc(OC)c2O[C@@H](C)C(=O)O)C1=O. The third kappa shape index (κ3) is 4.28. The third-order valence-corrected chi connectivity index (χ3v) is 4.80. The lowest BCUT2D eigenvalue weighted by atomic mass is 10.1. The van der Waals surface area contributed by atoms with Gasteiger partial charge in [0.15, 0.2) is 17.6 Å². The van der Waals surface area contributed by atoms with Crippen LogP contribution >= 0.6 is 11.8 Å². The first-order valence-corrected chi connectivity index (χ1v) is 8.94. The number of rotatable bonds is 7. The third-order valence-electron chi connectivity index (χ3n) is 3.91. The van der Waals surface area contributed by atoms with E-state index in [1.165, 1.54) is 27.0 Å². The number of aliphatic carboxylic acids is 1. The Labute approximate surface area is 165 Å². The highest BCUT2D eigenvalue weighted by atomic mass is 32.2. The monoisotopic (exact) mass is 409 g/mol. The van der Waals surface area contributed by atoms with Gasteiger partial charge in [0.25, 0.3) is 11.1 Å². The van der Waals surface area contributed by atoms with Crippen LogP contribution in [0.4, 0.5) is 4.79 Å². The largest absolute Gasteiger partial charge is 0.493 e. The summed E-state index contributed by atoms with van der Waals surface area (Å²) in [5, 5.41) is 8.48. The molecule has 1 saturated heterocycles. The van der Waals surface area contributed by atoms with Crippen molar-refractivity contribution in [3.63, 3.8) is 0 Å². The Morgan fingerprint density at radius 1 is 1.21 bits per heavy atom. The van der Waals surface area contributed by atoms with Gasteiger partial charge in [0.05, 0.1) is 19.1 Å². The van der Waals surface area contributed by atoms with Crippen molar-refractivity contribution in [2.45, 2.75) is 26.0 Å². The van der Waals surface area contributed by atoms with E-state index < -0.39 is 35.2 Å². The van der Waals surface area contributed by atoms with Gasteiger partial charge in [0, 0.05) is 5.56 Å². The first-order chi connectivity index (χ1) is 13.2. The molecule has 1 aliphatic rings. The standard InChI is InChI=1S/C18H19NO8S/c1-9(17(23)26-4)19-15(20)13(28-18(19)24)8-11-6-5-7-12(25-3)14(11)27-10(2)16(21)22/h5-10H,1-4H3,(H,21,22)/b13-8+/t9-,10+/m1/s1. The number of carboxylic acids is 1. The molecule has 150 valence electrons. The fourth-order valence-electron chi connectivity index (χ4n) is 2.39. The Balaban J connectivity index is 2.42.